The van der Waals surface area contributed by atoms with Gasteiger partial charge >= 0.3 is 5.69 Å². The van der Waals surface area contributed by atoms with Gasteiger partial charge in [0.1, 0.15) is 0 Å². The van der Waals surface area contributed by atoms with Gasteiger partial charge in [-0.2, -0.15) is 0 Å². The third kappa shape index (κ3) is 3.05. The van der Waals surface area contributed by atoms with E-state index >= 15 is 0 Å². The van der Waals surface area contributed by atoms with Gasteiger partial charge in [-0.1, -0.05) is 19.8 Å². The molecule has 1 saturated carbocycles. The smallest absolute Gasteiger partial charge is 0.312 e. The molecule has 1 N–H and O–H groups in total. The summed E-state index contributed by atoms with van der Waals surface area (Å²) < 4.78 is 3.48. The van der Waals surface area contributed by atoms with Gasteiger partial charge in [-0.3, -0.25) is 4.57 Å². The average Bonchev–Trinajstić information content (AvgIpc) is 2.99. The number of rotatable bonds is 6. The van der Waals surface area contributed by atoms with Crippen molar-refractivity contribution in [1.29, 1.82) is 0 Å². The van der Waals surface area contributed by atoms with Crippen molar-refractivity contribution in [3.05, 3.63) is 22.9 Å². The highest BCUT2D eigenvalue weighted by molar-refractivity contribution is 4.86. The largest absolute Gasteiger partial charge is 0.327 e. The quantitative estimate of drug-likeness (QED) is 0.836. The van der Waals surface area contributed by atoms with Crippen LogP contribution in [0.25, 0.3) is 0 Å². The first-order valence-electron chi connectivity index (χ1n) is 7.17. The Balaban J connectivity index is 2.04. The summed E-state index contributed by atoms with van der Waals surface area (Å²) in [5.41, 5.74) is 0.0938. The first-order valence-corrected chi connectivity index (χ1v) is 7.17. The Kier molecular flexibility index (Phi) is 4.64. The van der Waals surface area contributed by atoms with E-state index in [0.717, 1.165) is 25.4 Å². The summed E-state index contributed by atoms with van der Waals surface area (Å²) in [6.07, 6.45) is 10.2. The Morgan fingerprint density at radius 1 is 1.39 bits per heavy atom. The zero-order valence-corrected chi connectivity index (χ0v) is 11.6. The van der Waals surface area contributed by atoms with Crippen molar-refractivity contribution < 1.29 is 0 Å². The first kappa shape index (κ1) is 13.4. The molecule has 1 aromatic heterocycles. The van der Waals surface area contributed by atoms with Crippen LogP contribution in [0.5, 0.6) is 0 Å². The monoisotopic (exact) mass is 251 g/mol. The highest BCUT2D eigenvalue weighted by atomic mass is 16.1. The van der Waals surface area contributed by atoms with Crippen molar-refractivity contribution in [2.75, 3.05) is 6.54 Å². The van der Waals surface area contributed by atoms with Crippen LogP contribution in [0, 0.1) is 5.92 Å². The topological polar surface area (TPSA) is 39.0 Å². The normalized spacial score (nSPS) is 18.3. The van der Waals surface area contributed by atoms with Crippen molar-refractivity contribution in [3.8, 4) is 0 Å². The Morgan fingerprint density at radius 2 is 2.11 bits per heavy atom. The van der Waals surface area contributed by atoms with E-state index in [4.69, 9.17) is 0 Å². The lowest BCUT2D eigenvalue weighted by Crippen LogP contribution is -2.41. The summed E-state index contributed by atoms with van der Waals surface area (Å²) in [7, 11) is 1.81. The molecule has 0 amide bonds. The molecule has 1 heterocycles. The summed E-state index contributed by atoms with van der Waals surface area (Å²) in [5.74, 6) is 0.739. The number of imidazole rings is 1. The number of hydrogen-bond acceptors (Lipinski definition) is 2. The molecule has 0 bridgehead atoms. The highest BCUT2D eigenvalue weighted by Gasteiger charge is 2.25. The molecule has 1 unspecified atom stereocenters. The van der Waals surface area contributed by atoms with Gasteiger partial charge in [-0.25, -0.2) is 4.79 Å². The zero-order chi connectivity index (χ0) is 13.0. The molecule has 4 heteroatoms. The van der Waals surface area contributed by atoms with Crippen LogP contribution in [0.2, 0.25) is 0 Å². The molecule has 1 atom stereocenters. The number of aromatic nitrogens is 2. The number of aryl methyl sites for hydroxylation is 1. The van der Waals surface area contributed by atoms with Gasteiger partial charge in [0.25, 0.3) is 0 Å². The molecule has 0 saturated heterocycles. The van der Waals surface area contributed by atoms with E-state index in [0.29, 0.717) is 6.04 Å². The van der Waals surface area contributed by atoms with Crippen molar-refractivity contribution in [2.24, 2.45) is 13.0 Å². The molecule has 0 spiro atoms. The molecule has 1 aliphatic rings. The second-order valence-electron chi connectivity index (χ2n) is 5.45. The van der Waals surface area contributed by atoms with Gasteiger partial charge < -0.3 is 9.88 Å². The number of hydrogen-bond donors (Lipinski definition) is 1. The molecule has 0 aromatic carbocycles. The van der Waals surface area contributed by atoms with Crippen LogP contribution in [-0.4, -0.2) is 21.7 Å². The van der Waals surface area contributed by atoms with E-state index in [1.165, 1.54) is 25.7 Å². The minimum absolute atomic E-state index is 0.0938. The van der Waals surface area contributed by atoms with E-state index in [-0.39, 0.29) is 5.69 Å². The van der Waals surface area contributed by atoms with Gasteiger partial charge in [-0.05, 0) is 31.7 Å². The molecular weight excluding hydrogens is 226 g/mol. The zero-order valence-electron chi connectivity index (χ0n) is 11.6. The molecule has 1 aliphatic carbocycles. The van der Waals surface area contributed by atoms with E-state index < -0.39 is 0 Å². The molecule has 2 rings (SSSR count). The lowest BCUT2D eigenvalue weighted by Gasteiger charge is -2.24. The standard InChI is InChI=1S/C14H25N3O/c1-3-8-15-13(12-6-4-5-7-12)11-17-10-9-16(2)14(17)18/h9-10,12-13,15H,3-8,11H2,1-2H3. The minimum Gasteiger partial charge on any atom is -0.312 e. The van der Waals surface area contributed by atoms with E-state index in [1.54, 1.807) is 4.57 Å². The fraction of sp³-hybridized carbons (Fsp3) is 0.786. The fourth-order valence-corrected chi connectivity index (χ4v) is 2.93. The van der Waals surface area contributed by atoms with Gasteiger partial charge in [0.05, 0.1) is 0 Å². The molecular formula is C14H25N3O. The van der Waals surface area contributed by atoms with Gasteiger partial charge in [0.15, 0.2) is 0 Å². The van der Waals surface area contributed by atoms with E-state index in [9.17, 15) is 4.79 Å². The first-order chi connectivity index (χ1) is 8.72. The van der Waals surface area contributed by atoms with Crippen molar-refractivity contribution in [1.82, 2.24) is 14.5 Å². The maximum absolute atomic E-state index is 11.9. The van der Waals surface area contributed by atoms with Crippen LogP contribution in [0.3, 0.4) is 0 Å². The predicted octanol–water partition coefficient (Wildman–Crippen LogP) is 1.75. The van der Waals surface area contributed by atoms with Crippen molar-refractivity contribution in [3.63, 3.8) is 0 Å². The second-order valence-corrected chi connectivity index (χ2v) is 5.45. The summed E-state index contributed by atoms with van der Waals surface area (Å²) in [4.78, 5) is 11.9. The maximum Gasteiger partial charge on any atom is 0.327 e. The maximum atomic E-state index is 11.9. The highest BCUT2D eigenvalue weighted by Crippen LogP contribution is 2.28. The van der Waals surface area contributed by atoms with Crippen LogP contribution in [0.1, 0.15) is 39.0 Å². The second kappa shape index (κ2) is 6.23. The summed E-state index contributed by atoms with van der Waals surface area (Å²) in [6, 6.07) is 0.451. The van der Waals surface area contributed by atoms with Crippen LogP contribution >= 0.6 is 0 Å². The van der Waals surface area contributed by atoms with Gasteiger partial charge in [0.2, 0.25) is 0 Å². The lowest BCUT2D eigenvalue weighted by molar-refractivity contribution is 0.319. The predicted molar refractivity (Wildman–Crippen MR) is 73.7 cm³/mol. The SMILES string of the molecule is CCCNC(Cn1ccn(C)c1=O)C1CCCC1. The molecule has 4 nitrogen and oxygen atoms in total. The Labute approximate surface area is 109 Å². The minimum atomic E-state index is 0.0938. The lowest BCUT2D eigenvalue weighted by atomic mass is 9.98. The third-order valence-electron chi connectivity index (χ3n) is 4.04. The Hall–Kier alpha value is -1.03. The Morgan fingerprint density at radius 3 is 2.67 bits per heavy atom. The van der Waals surface area contributed by atoms with E-state index in [2.05, 4.69) is 12.2 Å². The molecule has 18 heavy (non-hydrogen) atoms. The average molecular weight is 251 g/mol. The van der Waals surface area contributed by atoms with Crippen LogP contribution in [0.4, 0.5) is 0 Å². The van der Waals surface area contributed by atoms with Gasteiger partial charge in [-0.15, -0.1) is 0 Å². The summed E-state index contributed by atoms with van der Waals surface area (Å²) in [6.45, 7) is 4.04. The fourth-order valence-electron chi connectivity index (χ4n) is 2.93. The van der Waals surface area contributed by atoms with Crippen LogP contribution in [0.15, 0.2) is 17.2 Å². The Bertz CT molecular complexity index is 415. The van der Waals surface area contributed by atoms with Crippen LogP contribution < -0.4 is 11.0 Å². The van der Waals surface area contributed by atoms with E-state index in [1.807, 2.05) is 24.0 Å². The summed E-state index contributed by atoms with van der Waals surface area (Å²) in [5, 5.41) is 3.63. The van der Waals surface area contributed by atoms with Gasteiger partial charge in [0, 0.05) is 32.0 Å². The van der Waals surface area contributed by atoms with Crippen molar-refractivity contribution in [2.45, 2.75) is 51.6 Å². The molecule has 102 valence electrons. The number of nitrogens with zero attached hydrogens (tertiary/aromatic N) is 2. The number of nitrogens with one attached hydrogen (secondary N) is 1. The molecule has 0 radical (unpaired) electrons. The molecule has 1 fully saturated rings. The molecule has 1 aromatic rings. The van der Waals surface area contributed by atoms with Crippen LogP contribution in [-0.2, 0) is 13.6 Å². The molecule has 0 aliphatic heterocycles. The van der Waals surface area contributed by atoms with Crippen molar-refractivity contribution >= 4 is 0 Å². The third-order valence-corrected chi connectivity index (χ3v) is 4.04. The summed E-state index contributed by atoms with van der Waals surface area (Å²) >= 11 is 0.